The Labute approximate surface area is 98.8 Å². The van der Waals surface area contributed by atoms with Crippen molar-refractivity contribution < 1.29 is 4.79 Å². The predicted octanol–water partition coefficient (Wildman–Crippen LogP) is 0.300. The molecule has 94 valence electrons. The Morgan fingerprint density at radius 2 is 2.25 bits per heavy atom. The highest BCUT2D eigenvalue weighted by molar-refractivity contribution is 5.77. The molecule has 1 unspecified atom stereocenters. The van der Waals surface area contributed by atoms with Gasteiger partial charge in [-0.05, 0) is 31.8 Å². The van der Waals surface area contributed by atoms with Gasteiger partial charge in [-0.3, -0.25) is 4.79 Å². The third-order valence-corrected chi connectivity index (χ3v) is 2.92. The van der Waals surface area contributed by atoms with Gasteiger partial charge in [0, 0.05) is 19.6 Å². The van der Waals surface area contributed by atoms with Crippen LogP contribution in [0.2, 0.25) is 0 Å². The number of carbonyl (C=O) groups is 1. The van der Waals surface area contributed by atoms with Gasteiger partial charge in [0.05, 0.1) is 6.54 Å². The molecule has 0 bridgehead atoms. The zero-order valence-corrected chi connectivity index (χ0v) is 10.8. The quantitative estimate of drug-likeness (QED) is 0.686. The van der Waals surface area contributed by atoms with Crippen LogP contribution < -0.4 is 10.6 Å². The molecule has 4 nitrogen and oxygen atoms in total. The summed E-state index contributed by atoms with van der Waals surface area (Å²) in [6.07, 6.45) is 1.21. The number of hydrogen-bond acceptors (Lipinski definition) is 3. The van der Waals surface area contributed by atoms with Gasteiger partial charge in [-0.2, -0.15) is 0 Å². The van der Waals surface area contributed by atoms with Crippen molar-refractivity contribution in [3.05, 3.63) is 0 Å². The fraction of sp³-hybridized carbons (Fsp3) is 0.917. The van der Waals surface area contributed by atoms with Gasteiger partial charge in [-0.1, -0.05) is 13.8 Å². The van der Waals surface area contributed by atoms with E-state index in [0.717, 1.165) is 19.0 Å². The topological polar surface area (TPSA) is 44.4 Å². The van der Waals surface area contributed by atoms with Crippen LogP contribution in [0, 0.1) is 11.8 Å². The van der Waals surface area contributed by atoms with Crippen LogP contribution in [0.3, 0.4) is 0 Å². The van der Waals surface area contributed by atoms with Crippen LogP contribution in [0.1, 0.15) is 20.3 Å². The Bertz CT molecular complexity index is 218. The Morgan fingerprint density at radius 3 is 2.88 bits per heavy atom. The Hall–Kier alpha value is -0.610. The highest BCUT2D eigenvalue weighted by Gasteiger charge is 2.22. The van der Waals surface area contributed by atoms with Crippen LogP contribution in [0.5, 0.6) is 0 Å². The lowest BCUT2D eigenvalue weighted by Crippen LogP contribution is -2.36. The second kappa shape index (κ2) is 6.86. The van der Waals surface area contributed by atoms with Gasteiger partial charge >= 0.3 is 0 Å². The summed E-state index contributed by atoms with van der Waals surface area (Å²) >= 11 is 0. The molecule has 0 aromatic carbocycles. The van der Waals surface area contributed by atoms with Crippen molar-refractivity contribution >= 4 is 5.91 Å². The smallest absolute Gasteiger partial charge is 0.233 e. The van der Waals surface area contributed by atoms with E-state index in [1.54, 1.807) is 7.05 Å². The first kappa shape index (κ1) is 13.5. The van der Waals surface area contributed by atoms with Crippen molar-refractivity contribution in [1.82, 2.24) is 15.5 Å². The van der Waals surface area contributed by atoms with Gasteiger partial charge in [-0.15, -0.1) is 0 Å². The Balaban J connectivity index is 2.14. The molecule has 0 radical (unpaired) electrons. The van der Waals surface area contributed by atoms with E-state index < -0.39 is 0 Å². The fourth-order valence-corrected chi connectivity index (χ4v) is 2.24. The zero-order chi connectivity index (χ0) is 12.0. The summed E-state index contributed by atoms with van der Waals surface area (Å²) in [7, 11) is 1.79. The van der Waals surface area contributed by atoms with Crippen molar-refractivity contribution in [2.45, 2.75) is 20.3 Å². The molecule has 0 spiro atoms. The largest absolute Gasteiger partial charge is 0.355 e. The van der Waals surface area contributed by atoms with Crippen molar-refractivity contribution in [1.29, 1.82) is 0 Å². The number of nitrogens with zero attached hydrogens (tertiary/aromatic N) is 1. The number of amides is 1. The SMILES string of the molecule is CNCC(=O)NCC1CCN(CC(C)C)C1. The number of hydrogen-bond donors (Lipinski definition) is 2. The molecular weight excluding hydrogens is 202 g/mol. The molecule has 1 rings (SSSR count). The molecule has 0 saturated carbocycles. The maximum Gasteiger partial charge on any atom is 0.233 e. The standard InChI is InChI=1S/C12H25N3O/c1-10(2)8-15-5-4-11(9-15)6-14-12(16)7-13-3/h10-11,13H,4-9H2,1-3H3,(H,14,16). The lowest BCUT2D eigenvalue weighted by atomic mass is 10.1. The van der Waals surface area contributed by atoms with Crippen LogP contribution in [0.25, 0.3) is 0 Å². The highest BCUT2D eigenvalue weighted by Crippen LogP contribution is 2.16. The van der Waals surface area contributed by atoms with Crippen LogP contribution in [0.15, 0.2) is 0 Å². The summed E-state index contributed by atoms with van der Waals surface area (Å²) in [5, 5.41) is 5.83. The van der Waals surface area contributed by atoms with Crippen molar-refractivity contribution in [3.63, 3.8) is 0 Å². The number of rotatable bonds is 6. The van der Waals surface area contributed by atoms with E-state index in [-0.39, 0.29) is 5.91 Å². The van der Waals surface area contributed by atoms with Crippen LogP contribution >= 0.6 is 0 Å². The minimum atomic E-state index is 0.102. The molecular formula is C12H25N3O. The molecule has 0 aromatic heterocycles. The van der Waals surface area contributed by atoms with E-state index in [1.165, 1.54) is 19.5 Å². The van der Waals surface area contributed by atoms with Crippen LogP contribution in [-0.4, -0.2) is 50.6 Å². The van der Waals surface area contributed by atoms with Crippen molar-refractivity contribution in [3.8, 4) is 0 Å². The Kier molecular flexibility index (Phi) is 5.77. The third-order valence-electron chi connectivity index (χ3n) is 2.92. The van der Waals surface area contributed by atoms with E-state index >= 15 is 0 Å². The molecule has 0 aliphatic carbocycles. The van der Waals surface area contributed by atoms with Crippen LogP contribution in [-0.2, 0) is 4.79 Å². The summed E-state index contributed by atoms with van der Waals surface area (Å²) in [6.45, 7) is 9.26. The summed E-state index contributed by atoms with van der Waals surface area (Å²) in [5.41, 5.74) is 0. The lowest BCUT2D eigenvalue weighted by molar-refractivity contribution is -0.120. The van der Waals surface area contributed by atoms with Gasteiger partial charge < -0.3 is 15.5 Å². The molecule has 16 heavy (non-hydrogen) atoms. The van der Waals surface area contributed by atoms with E-state index in [2.05, 4.69) is 29.4 Å². The molecule has 1 amide bonds. The average Bonchev–Trinajstić information content (AvgIpc) is 2.62. The summed E-state index contributed by atoms with van der Waals surface area (Å²) in [4.78, 5) is 13.8. The summed E-state index contributed by atoms with van der Waals surface area (Å²) < 4.78 is 0. The number of likely N-dealkylation sites (N-methyl/N-ethyl adjacent to an activating group) is 1. The predicted molar refractivity (Wildman–Crippen MR) is 66.3 cm³/mol. The minimum absolute atomic E-state index is 0.102. The third kappa shape index (κ3) is 4.94. The van der Waals surface area contributed by atoms with E-state index in [4.69, 9.17) is 0 Å². The molecule has 1 heterocycles. The first-order valence-electron chi connectivity index (χ1n) is 6.25. The van der Waals surface area contributed by atoms with Crippen molar-refractivity contribution in [2.75, 3.05) is 39.8 Å². The minimum Gasteiger partial charge on any atom is -0.355 e. The molecule has 1 atom stereocenters. The molecule has 0 aromatic rings. The zero-order valence-electron chi connectivity index (χ0n) is 10.8. The first-order chi connectivity index (χ1) is 7.61. The second-order valence-electron chi connectivity index (χ2n) is 5.14. The van der Waals surface area contributed by atoms with Gasteiger partial charge in [0.25, 0.3) is 0 Å². The van der Waals surface area contributed by atoms with Gasteiger partial charge in [0.15, 0.2) is 0 Å². The van der Waals surface area contributed by atoms with Gasteiger partial charge in [-0.25, -0.2) is 0 Å². The van der Waals surface area contributed by atoms with Crippen LogP contribution in [0.4, 0.5) is 0 Å². The number of likely N-dealkylation sites (tertiary alicyclic amines) is 1. The van der Waals surface area contributed by atoms with E-state index in [9.17, 15) is 4.79 Å². The van der Waals surface area contributed by atoms with Gasteiger partial charge in [0.1, 0.15) is 0 Å². The molecule has 1 aliphatic rings. The lowest BCUT2D eigenvalue weighted by Gasteiger charge is -2.18. The van der Waals surface area contributed by atoms with E-state index in [0.29, 0.717) is 12.5 Å². The maximum absolute atomic E-state index is 11.3. The normalized spacial score (nSPS) is 21.6. The fourth-order valence-electron chi connectivity index (χ4n) is 2.24. The average molecular weight is 227 g/mol. The summed E-state index contributed by atoms with van der Waals surface area (Å²) in [6, 6.07) is 0. The molecule has 2 N–H and O–H groups in total. The molecule has 1 aliphatic heterocycles. The Morgan fingerprint density at radius 1 is 1.50 bits per heavy atom. The van der Waals surface area contributed by atoms with E-state index in [1.807, 2.05) is 0 Å². The number of carbonyl (C=O) groups excluding carboxylic acids is 1. The van der Waals surface area contributed by atoms with Crippen molar-refractivity contribution in [2.24, 2.45) is 11.8 Å². The molecule has 1 saturated heterocycles. The highest BCUT2D eigenvalue weighted by atomic mass is 16.1. The number of nitrogens with one attached hydrogen (secondary N) is 2. The van der Waals surface area contributed by atoms with Gasteiger partial charge in [0.2, 0.25) is 5.91 Å². The summed E-state index contributed by atoms with van der Waals surface area (Å²) in [5.74, 6) is 1.47. The molecule has 4 heteroatoms. The maximum atomic E-state index is 11.3. The molecule has 1 fully saturated rings. The first-order valence-corrected chi connectivity index (χ1v) is 6.25. The second-order valence-corrected chi connectivity index (χ2v) is 5.14. The monoisotopic (exact) mass is 227 g/mol.